The second-order valence-electron chi connectivity index (χ2n) is 6.44. The summed E-state index contributed by atoms with van der Waals surface area (Å²) in [7, 11) is 2.04. The van der Waals surface area contributed by atoms with E-state index in [-0.39, 0.29) is 0 Å². The van der Waals surface area contributed by atoms with Crippen LogP contribution in [0.25, 0.3) is 0 Å². The van der Waals surface area contributed by atoms with Crippen molar-refractivity contribution >= 4 is 0 Å². The highest BCUT2D eigenvalue weighted by atomic mass is 16.7. The van der Waals surface area contributed by atoms with E-state index in [0.29, 0.717) is 18.9 Å². The van der Waals surface area contributed by atoms with Crippen LogP contribution in [0.15, 0.2) is 18.2 Å². The molecule has 0 aliphatic carbocycles. The number of likely N-dealkylation sites (tertiary alicyclic amines) is 1. The fraction of sp³-hybridized carbons (Fsp3) is 0.647. The average Bonchev–Trinajstić information content (AvgIpc) is 2.95. The molecule has 3 unspecified atom stereocenters. The number of hydrogen-bond donors (Lipinski definition) is 1. The zero-order valence-electron chi connectivity index (χ0n) is 13.3. The molecule has 0 radical (unpaired) electrons. The Balaban J connectivity index is 1.72. The fourth-order valence-corrected chi connectivity index (χ4v) is 3.36. The van der Waals surface area contributed by atoms with Gasteiger partial charge in [0.15, 0.2) is 11.5 Å². The zero-order valence-corrected chi connectivity index (χ0v) is 13.3. The molecule has 4 heteroatoms. The van der Waals surface area contributed by atoms with Crippen LogP contribution in [0.3, 0.4) is 0 Å². The first-order valence-corrected chi connectivity index (χ1v) is 7.98. The lowest BCUT2D eigenvalue weighted by Crippen LogP contribution is -2.44. The molecule has 116 valence electrons. The van der Waals surface area contributed by atoms with Gasteiger partial charge in [-0.25, -0.2) is 0 Å². The smallest absolute Gasteiger partial charge is 0.231 e. The lowest BCUT2D eigenvalue weighted by Gasteiger charge is -2.38. The molecule has 0 spiro atoms. The molecule has 3 rings (SSSR count). The summed E-state index contributed by atoms with van der Waals surface area (Å²) in [5.74, 6) is 2.52. The van der Waals surface area contributed by atoms with Crippen LogP contribution in [0.2, 0.25) is 0 Å². The maximum Gasteiger partial charge on any atom is 0.231 e. The van der Waals surface area contributed by atoms with Gasteiger partial charge in [0.1, 0.15) is 0 Å². The summed E-state index contributed by atoms with van der Waals surface area (Å²) in [6.07, 6.45) is 2.66. The minimum absolute atomic E-state index is 0.326. The number of ether oxygens (including phenoxy) is 2. The van der Waals surface area contributed by atoms with E-state index < -0.39 is 0 Å². The van der Waals surface area contributed by atoms with Crippen molar-refractivity contribution in [2.45, 2.75) is 38.8 Å². The van der Waals surface area contributed by atoms with Crippen molar-refractivity contribution in [1.29, 1.82) is 0 Å². The standard InChI is InChI=1S/C17H26N2O2/c1-12-4-5-13(2)19(9-12)10-15(18-3)14-6-7-16-17(8-14)21-11-20-16/h6-8,12-13,15,18H,4-5,9-11H2,1-3H3. The lowest BCUT2D eigenvalue weighted by atomic mass is 9.94. The monoisotopic (exact) mass is 290 g/mol. The predicted octanol–water partition coefficient (Wildman–Crippen LogP) is 2.80. The highest BCUT2D eigenvalue weighted by Crippen LogP contribution is 2.34. The second kappa shape index (κ2) is 6.24. The van der Waals surface area contributed by atoms with Crippen LogP contribution in [0.4, 0.5) is 0 Å². The number of nitrogens with one attached hydrogen (secondary N) is 1. The van der Waals surface area contributed by atoms with Gasteiger partial charge in [0.05, 0.1) is 0 Å². The Morgan fingerprint density at radius 1 is 1.24 bits per heavy atom. The molecular formula is C17H26N2O2. The average molecular weight is 290 g/mol. The first kappa shape index (κ1) is 14.7. The van der Waals surface area contributed by atoms with E-state index in [2.05, 4.69) is 36.2 Å². The predicted molar refractivity (Wildman–Crippen MR) is 83.8 cm³/mol. The van der Waals surface area contributed by atoms with E-state index in [1.807, 2.05) is 13.1 Å². The van der Waals surface area contributed by atoms with Crippen LogP contribution >= 0.6 is 0 Å². The highest BCUT2D eigenvalue weighted by Gasteiger charge is 2.26. The molecule has 2 heterocycles. The van der Waals surface area contributed by atoms with Crippen LogP contribution in [0, 0.1) is 5.92 Å². The molecule has 1 aromatic rings. The normalized spacial score (nSPS) is 26.8. The van der Waals surface area contributed by atoms with Gasteiger partial charge in [-0.1, -0.05) is 13.0 Å². The number of hydrogen-bond acceptors (Lipinski definition) is 4. The Kier molecular flexibility index (Phi) is 4.36. The van der Waals surface area contributed by atoms with Crippen LogP contribution in [0.1, 0.15) is 38.3 Å². The van der Waals surface area contributed by atoms with E-state index >= 15 is 0 Å². The zero-order chi connectivity index (χ0) is 14.8. The van der Waals surface area contributed by atoms with Crippen molar-refractivity contribution in [2.24, 2.45) is 5.92 Å². The first-order valence-electron chi connectivity index (χ1n) is 7.98. The molecule has 0 amide bonds. The maximum absolute atomic E-state index is 5.50. The molecule has 1 fully saturated rings. The van der Waals surface area contributed by atoms with Gasteiger partial charge < -0.3 is 14.8 Å². The Morgan fingerprint density at radius 2 is 2.05 bits per heavy atom. The fourth-order valence-electron chi connectivity index (χ4n) is 3.36. The molecule has 0 saturated carbocycles. The van der Waals surface area contributed by atoms with Gasteiger partial charge in [-0.3, -0.25) is 4.90 Å². The topological polar surface area (TPSA) is 33.7 Å². The SMILES string of the molecule is CNC(CN1CC(C)CCC1C)c1ccc2c(c1)OCO2. The van der Waals surface area contributed by atoms with Crippen LogP contribution < -0.4 is 14.8 Å². The summed E-state index contributed by atoms with van der Waals surface area (Å²) in [6, 6.07) is 7.27. The van der Waals surface area contributed by atoms with Crippen molar-refractivity contribution in [2.75, 3.05) is 26.9 Å². The van der Waals surface area contributed by atoms with Gasteiger partial charge in [-0.05, 0) is 50.4 Å². The van der Waals surface area contributed by atoms with Crippen molar-refractivity contribution in [3.8, 4) is 11.5 Å². The molecule has 1 aromatic carbocycles. The Hall–Kier alpha value is -1.26. The number of benzene rings is 1. The largest absolute Gasteiger partial charge is 0.454 e. The number of nitrogens with zero attached hydrogens (tertiary/aromatic N) is 1. The Bertz CT molecular complexity index is 492. The number of rotatable bonds is 4. The molecule has 1 N–H and O–H groups in total. The third-order valence-electron chi connectivity index (χ3n) is 4.81. The van der Waals surface area contributed by atoms with Crippen LogP contribution in [-0.2, 0) is 0 Å². The third-order valence-corrected chi connectivity index (χ3v) is 4.81. The van der Waals surface area contributed by atoms with Crippen molar-refractivity contribution in [1.82, 2.24) is 10.2 Å². The number of likely N-dealkylation sites (N-methyl/N-ethyl adjacent to an activating group) is 1. The minimum Gasteiger partial charge on any atom is -0.454 e. The summed E-state index contributed by atoms with van der Waals surface area (Å²) in [5.41, 5.74) is 1.27. The van der Waals surface area contributed by atoms with Crippen molar-refractivity contribution < 1.29 is 9.47 Å². The summed E-state index contributed by atoms with van der Waals surface area (Å²) in [6.45, 7) is 7.28. The molecule has 3 atom stereocenters. The van der Waals surface area contributed by atoms with Gasteiger partial charge >= 0.3 is 0 Å². The molecule has 21 heavy (non-hydrogen) atoms. The summed E-state index contributed by atoms with van der Waals surface area (Å²) < 4.78 is 10.9. The van der Waals surface area contributed by atoms with E-state index in [4.69, 9.17) is 9.47 Å². The van der Waals surface area contributed by atoms with Crippen LogP contribution in [-0.4, -0.2) is 37.9 Å². The molecule has 2 aliphatic heterocycles. The van der Waals surface area contributed by atoms with Crippen LogP contribution in [0.5, 0.6) is 11.5 Å². The molecular weight excluding hydrogens is 264 g/mol. The minimum atomic E-state index is 0.326. The first-order chi connectivity index (χ1) is 10.2. The summed E-state index contributed by atoms with van der Waals surface area (Å²) >= 11 is 0. The van der Waals surface area contributed by atoms with Gasteiger partial charge in [-0.15, -0.1) is 0 Å². The van der Waals surface area contributed by atoms with E-state index in [9.17, 15) is 0 Å². The third kappa shape index (κ3) is 3.16. The quantitative estimate of drug-likeness (QED) is 0.924. The molecule has 2 aliphatic rings. The van der Waals surface area contributed by atoms with Gasteiger partial charge in [-0.2, -0.15) is 0 Å². The Labute approximate surface area is 127 Å². The summed E-state index contributed by atoms with van der Waals surface area (Å²) in [5, 5.41) is 3.45. The molecule has 4 nitrogen and oxygen atoms in total. The molecule has 0 bridgehead atoms. The van der Waals surface area contributed by atoms with Gasteiger partial charge in [0.2, 0.25) is 6.79 Å². The number of piperidine rings is 1. The number of fused-ring (bicyclic) bond motifs is 1. The van der Waals surface area contributed by atoms with Crippen molar-refractivity contribution in [3.05, 3.63) is 23.8 Å². The highest BCUT2D eigenvalue weighted by molar-refractivity contribution is 5.45. The molecule has 1 saturated heterocycles. The maximum atomic E-state index is 5.50. The van der Waals surface area contributed by atoms with E-state index in [0.717, 1.165) is 24.0 Å². The Morgan fingerprint density at radius 3 is 2.86 bits per heavy atom. The molecule has 0 aromatic heterocycles. The van der Waals surface area contributed by atoms with Gasteiger partial charge in [0.25, 0.3) is 0 Å². The van der Waals surface area contributed by atoms with E-state index in [1.165, 1.54) is 24.9 Å². The lowest BCUT2D eigenvalue weighted by molar-refractivity contribution is 0.113. The second-order valence-corrected chi connectivity index (χ2v) is 6.44. The van der Waals surface area contributed by atoms with Gasteiger partial charge in [0, 0.05) is 25.2 Å². The summed E-state index contributed by atoms with van der Waals surface area (Å²) in [4.78, 5) is 2.61. The van der Waals surface area contributed by atoms with E-state index in [1.54, 1.807) is 0 Å². The van der Waals surface area contributed by atoms with Crippen molar-refractivity contribution in [3.63, 3.8) is 0 Å².